The second-order valence-electron chi connectivity index (χ2n) is 8.31. The maximum Gasteiger partial charge on any atom is 0.236 e. The predicted molar refractivity (Wildman–Crippen MR) is 133 cm³/mol. The molecule has 1 aromatic carbocycles. The van der Waals surface area contributed by atoms with Gasteiger partial charge in [0.1, 0.15) is 11.6 Å². The Kier molecular flexibility index (Phi) is 6.99. The monoisotopic (exact) mass is 481 g/mol. The minimum atomic E-state index is -0.128. The van der Waals surface area contributed by atoms with Gasteiger partial charge in [0.05, 0.1) is 24.3 Å². The molecule has 172 valence electrons. The van der Waals surface area contributed by atoms with E-state index in [-0.39, 0.29) is 17.6 Å². The van der Waals surface area contributed by atoms with E-state index in [2.05, 4.69) is 67.2 Å². The first-order chi connectivity index (χ1) is 15.8. The number of aryl methyl sites for hydroxylation is 3. The summed E-state index contributed by atoms with van der Waals surface area (Å²) in [6.45, 7) is 10.9. The van der Waals surface area contributed by atoms with Crippen LogP contribution < -0.4 is 5.32 Å². The summed E-state index contributed by atoms with van der Waals surface area (Å²) < 4.78 is 7.50. The lowest BCUT2D eigenvalue weighted by Crippen LogP contribution is -2.15. The lowest BCUT2D eigenvalue weighted by atomic mass is 9.98. The largest absolute Gasteiger partial charge is 0.467 e. The van der Waals surface area contributed by atoms with Crippen LogP contribution in [0.25, 0.3) is 11.3 Å². The fourth-order valence-electron chi connectivity index (χ4n) is 3.86. The molecule has 9 heteroatoms. The van der Waals surface area contributed by atoms with Crippen molar-refractivity contribution in [2.45, 2.75) is 52.2 Å². The van der Waals surface area contributed by atoms with Crippen molar-refractivity contribution in [2.75, 3.05) is 11.1 Å². The number of anilines is 1. The number of hydrogen-bond acceptors (Lipinski definition) is 7. The number of furan rings is 1. The first-order valence-electron chi connectivity index (χ1n) is 10.7. The van der Waals surface area contributed by atoms with Crippen LogP contribution in [0.4, 0.5) is 5.13 Å². The molecule has 0 saturated heterocycles. The van der Waals surface area contributed by atoms with Crippen molar-refractivity contribution in [1.29, 1.82) is 0 Å². The van der Waals surface area contributed by atoms with Gasteiger partial charge < -0.3 is 9.73 Å². The highest BCUT2D eigenvalue weighted by Gasteiger charge is 2.18. The number of nitrogens with zero attached hydrogens (tertiary/aromatic N) is 4. The van der Waals surface area contributed by atoms with Crippen LogP contribution in [-0.4, -0.2) is 31.4 Å². The molecule has 3 heterocycles. The molecule has 3 aromatic heterocycles. The smallest absolute Gasteiger partial charge is 0.236 e. The lowest BCUT2D eigenvalue weighted by Gasteiger charge is -2.10. The highest BCUT2D eigenvalue weighted by Crippen LogP contribution is 2.31. The maximum atomic E-state index is 12.6. The van der Waals surface area contributed by atoms with Crippen LogP contribution in [-0.2, 0) is 11.3 Å². The van der Waals surface area contributed by atoms with Crippen LogP contribution in [0.5, 0.6) is 0 Å². The Bertz CT molecular complexity index is 1230. The van der Waals surface area contributed by atoms with Gasteiger partial charge in [-0.3, -0.25) is 9.36 Å². The molecule has 0 spiro atoms. The van der Waals surface area contributed by atoms with Gasteiger partial charge >= 0.3 is 0 Å². The maximum absolute atomic E-state index is 12.6. The number of thioether (sulfide) groups is 1. The highest BCUT2D eigenvalue weighted by molar-refractivity contribution is 7.99. The van der Waals surface area contributed by atoms with E-state index in [1.165, 1.54) is 39.8 Å². The van der Waals surface area contributed by atoms with E-state index in [9.17, 15) is 4.79 Å². The van der Waals surface area contributed by atoms with Gasteiger partial charge in [0.2, 0.25) is 5.91 Å². The number of nitrogens with one attached hydrogen (secondary N) is 1. The van der Waals surface area contributed by atoms with Gasteiger partial charge in [0.15, 0.2) is 10.3 Å². The zero-order valence-corrected chi connectivity index (χ0v) is 21.0. The molecule has 0 atom stereocenters. The van der Waals surface area contributed by atoms with Crippen LogP contribution >= 0.6 is 23.1 Å². The van der Waals surface area contributed by atoms with Crippen molar-refractivity contribution in [3.63, 3.8) is 0 Å². The molecule has 1 amide bonds. The van der Waals surface area contributed by atoms with Gasteiger partial charge in [0, 0.05) is 16.9 Å². The van der Waals surface area contributed by atoms with Crippen LogP contribution in [0.2, 0.25) is 0 Å². The Hall–Kier alpha value is -2.91. The molecule has 33 heavy (non-hydrogen) atoms. The number of carbonyl (C=O) groups excluding carboxylic acids is 1. The van der Waals surface area contributed by atoms with Crippen molar-refractivity contribution >= 4 is 34.1 Å². The molecule has 0 unspecified atom stereocenters. The third-order valence-corrected chi connectivity index (χ3v) is 6.90. The van der Waals surface area contributed by atoms with Gasteiger partial charge in [-0.05, 0) is 44.0 Å². The summed E-state index contributed by atoms with van der Waals surface area (Å²) in [4.78, 5) is 17.3. The molecular weight excluding hydrogens is 454 g/mol. The minimum Gasteiger partial charge on any atom is -0.467 e. The number of amides is 1. The number of carbonyl (C=O) groups is 1. The summed E-state index contributed by atoms with van der Waals surface area (Å²) in [6.07, 6.45) is 1.65. The standard InChI is InChI=1S/C24H27N5O2S2/c1-14(2)22-27-28-24(29(22)11-18-7-6-8-31-18)33-13-20(30)26-23-25-19(12-32-23)21-16(4)9-15(3)10-17(21)5/h6-10,12,14H,11,13H2,1-5H3,(H,25,26,30). The van der Waals surface area contributed by atoms with E-state index in [0.29, 0.717) is 16.8 Å². The molecule has 7 nitrogen and oxygen atoms in total. The zero-order chi connectivity index (χ0) is 23.5. The normalized spacial score (nSPS) is 11.3. The molecule has 4 rings (SSSR count). The minimum absolute atomic E-state index is 0.128. The van der Waals surface area contributed by atoms with E-state index in [1.807, 2.05) is 22.1 Å². The second kappa shape index (κ2) is 9.93. The molecule has 0 aliphatic carbocycles. The fraction of sp³-hybridized carbons (Fsp3) is 0.333. The van der Waals surface area contributed by atoms with Gasteiger partial charge in [-0.15, -0.1) is 21.5 Å². The van der Waals surface area contributed by atoms with Crippen molar-refractivity contribution in [3.8, 4) is 11.3 Å². The van der Waals surface area contributed by atoms with Crippen LogP contribution in [0, 0.1) is 20.8 Å². The Balaban J connectivity index is 1.43. The SMILES string of the molecule is Cc1cc(C)c(-c2csc(NC(=O)CSc3nnc(C(C)C)n3Cc3ccco3)n2)c(C)c1. The van der Waals surface area contributed by atoms with Crippen molar-refractivity contribution in [2.24, 2.45) is 0 Å². The van der Waals surface area contributed by atoms with Crippen molar-refractivity contribution < 1.29 is 9.21 Å². The molecule has 0 radical (unpaired) electrons. The molecular formula is C24H27N5O2S2. The average molecular weight is 482 g/mol. The molecule has 0 saturated carbocycles. The van der Waals surface area contributed by atoms with E-state index < -0.39 is 0 Å². The summed E-state index contributed by atoms with van der Waals surface area (Å²) in [5.74, 6) is 1.98. The third kappa shape index (κ3) is 5.36. The summed E-state index contributed by atoms with van der Waals surface area (Å²) >= 11 is 2.79. The van der Waals surface area contributed by atoms with E-state index in [1.54, 1.807) is 6.26 Å². The number of hydrogen-bond donors (Lipinski definition) is 1. The Morgan fingerprint density at radius 3 is 2.64 bits per heavy atom. The third-order valence-electron chi connectivity index (χ3n) is 5.17. The summed E-state index contributed by atoms with van der Waals surface area (Å²) in [6, 6.07) is 8.08. The highest BCUT2D eigenvalue weighted by atomic mass is 32.2. The summed E-state index contributed by atoms with van der Waals surface area (Å²) in [5, 5.41) is 14.8. The van der Waals surface area contributed by atoms with Gasteiger partial charge in [0.25, 0.3) is 0 Å². The van der Waals surface area contributed by atoms with Crippen molar-refractivity contribution in [1.82, 2.24) is 19.7 Å². The average Bonchev–Trinajstić information content (AvgIpc) is 3.48. The van der Waals surface area contributed by atoms with Crippen molar-refractivity contribution in [3.05, 3.63) is 64.2 Å². The quantitative estimate of drug-likeness (QED) is 0.319. The van der Waals surface area contributed by atoms with E-state index in [4.69, 9.17) is 4.42 Å². The Morgan fingerprint density at radius 2 is 1.97 bits per heavy atom. The van der Waals surface area contributed by atoms with Crippen LogP contribution in [0.15, 0.2) is 45.5 Å². The van der Waals surface area contributed by atoms with Crippen LogP contribution in [0.3, 0.4) is 0 Å². The lowest BCUT2D eigenvalue weighted by molar-refractivity contribution is -0.113. The zero-order valence-electron chi connectivity index (χ0n) is 19.4. The molecule has 0 aliphatic heterocycles. The second-order valence-corrected chi connectivity index (χ2v) is 10.1. The molecule has 0 bridgehead atoms. The van der Waals surface area contributed by atoms with E-state index in [0.717, 1.165) is 22.8 Å². The van der Waals surface area contributed by atoms with Gasteiger partial charge in [-0.2, -0.15) is 0 Å². The van der Waals surface area contributed by atoms with Crippen LogP contribution in [0.1, 0.15) is 48.0 Å². The number of rotatable bonds is 8. The first-order valence-corrected chi connectivity index (χ1v) is 12.6. The van der Waals surface area contributed by atoms with Gasteiger partial charge in [-0.25, -0.2) is 4.98 Å². The first kappa shape index (κ1) is 23.3. The molecule has 0 aliphatic rings. The van der Waals surface area contributed by atoms with Gasteiger partial charge in [-0.1, -0.05) is 43.3 Å². The van der Waals surface area contributed by atoms with E-state index >= 15 is 0 Å². The predicted octanol–water partition coefficient (Wildman–Crippen LogP) is 5.82. The molecule has 4 aromatic rings. The summed E-state index contributed by atoms with van der Waals surface area (Å²) in [5.41, 5.74) is 5.61. The Labute approximate surface area is 201 Å². The fourth-order valence-corrected chi connectivity index (χ4v) is 5.32. The number of aromatic nitrogens is 4. The Morgan fingerprint density at radius 1 is 1.21 bits per heavy atom. The summed E-state index contributed by atoms with van der Waals surface area (Å²) in [7, 11) is 0. The topological polar surface area (TPSA) is 85.8 Å². The number of benzene rings is 1. The molecule has 0 fully saturated rings. The molecule has 1 N–H and O–H groups in total. The number of thiazole rings is 1.